The summed E-state index contributed by atoms with van der Waals surface area (Å²) in [6, 6.07) is -0.351. The van der Waals surface area contributed by atoms with Gasteiger partial charge in [-0.15, -0.1) is 0 Å². The van der Waals surface area contributed by atoms with Crippen LogP contribution in [0, 0.1) is 0 Å². The molecular formula is C19H24ClFN4O4. The molecule has 0 spiro atoms. The van der Waals surface area contributed by atoms with Crippen molar-refractivity contribution in [2.45, 2.75) is 31.9 Å². The van der Waals surface area contributed by atoms with Crippen LogP contribution in [0.3, 0.4) is 0 Å². The number of piperidine rings is 1. The van der Waals surface area contributed by atoms with Crippen LogP contribution in [0.25, 0.3) is 0 Å². The molecule has 1 fully saturated rings. The number of aliphatic carboxylic acids is 1. The van der Waals surface area contributed by atoms with Crippen LogP contribution in [0.15, 0.2) is 36.3 Å². The smallest absolute Gasteiger partial charge is 0.338 e. The van der Waals surface area contributed by atoms with E-state index in [1.165, 1.54) is 7.11 Å². The van der Waals surface area contributed by atoms with E-state index < -0.39 is 29.4 Å². The number of likely N-dealkylation sites (tertiary alicyclic amines) is 1. The summed E-state index contributed by atoms with van der Waals surface area (Å²) in [6.07, 6.45) is 1.51. The highest BCUT2D eigenvalue weighted by molar-refractivity contribution is 6.30. The number of carboxylic acid groups (broad SMARTS) is 1. The van der Waals surface area contributed by atoms with Crippen LogP contribution in [-0.4, -0.2) is 64.2 Å². The maximum Gasteiger partial charge on any atom is 0.338 e. The first kappa shape index (κ1) is 22.6. The van der Waals surface area contributed by atoms with Crippen molar-refractivity contribution in [3.05, 3.63) is 53.0 Å². The van der Waals surface area contributed by atoms with E-state index >= 15 is 0 Å². The molecule has 0 saturated carbocycles. The number of halogens is 2. The van der Waals surface area contributed by atoms with Gasteiger partial charge in [0.1, 0.15) is 0 Å². The molecule has 1 aromatic rings. The topological polar surface area (TPSA) is 108 Å². The van der Waals surface area contributed by atoms with Gasteiger partial charge >= 0.3 is 5.97 Å². The van der Waals surface area contributed by atoms with Crippen LogP contribution in [0.4, 0.5) is 4.39 Å². The van der Waals surface area contributed by atoms with E-state index in [4.69, 9.17) is 21.4 Å². The van der Waals surface area contributed by atoms with Gasteiger partial charge in [-0.05, 0) is 12.8 Å². The molecule has 10 heteroatoms. The number of rotatable bonds is 8. The molecule has 0 bridgehead atoms. The predicted molar refractivity (Wildman–Crippen MR) is 106 cm³/mol. The molecule has 1 aromatic heterocycles. The van der Waals surface area contributed by atoms with Gasteiger partial charge in [0.2, 0.25) is 0 Å². The van der Waals surface area contributed by atoms with E-state index in [9.17, 15) is 14.0 Å². The number of imidazole rings is 1. The molecule has 158 valence electrons. The Balaban J connectivity index is 2.09. The molecule has 1 amide bonds. The van der Waals surface area contributed by atoms with Crippen molar-refractivity contribution in [1.29, 1.82) is 0 Å². The Hall–Kier alpha value is -2.65. The van der Waals surface area contributed by atoms with Gasteiger partial charge < -0.3 is 25.0 Å². The second-order valence-corrected chi connectivity index (χ2v) is 6.84. The molecule has 0 radical (unpaired) electrons. The van der Waals surface area contributed by atoms with Crippen molar-refractivity contribution in [2.24, 2.45) is 0 Å². The molecule has 2 heterocycles. The highest BCUT2D eigenvalue weighted by Crippen LogP contribution is 2.25. The van der Waals surface area contributed by atoms with Gasteiger partial charge in [-0.3, -0.25) is 4.79 Å². The average Bonchev–Trinajstić information content (AvgIpc) is 3.08. The van der Waals surface area contributed by atoms with Crippen molar-refractivity contribution in [1.82, 2.24) is 20.2 Å². The minimum absolute atomic E-state index is 0.0699. The zero-order valence-corrected chi connectivity index (χ0v) is 17.1. The van der Waals surface area contributed by atoms with E-state index in [1.54, 1.807) is 4.90 Å². The number of ether oxygens (including phenoxy) is 1. The molecule has 29 heavy (non-hydrogen) atoms. The first-order chi connectivity index (χ1) is 13.7. The van der Waals surface area contributed by atoms with Crippen LogP contribution < -0.4 is 5.32 Å². The summed E-state index contributed by atoms with van der Waals surface area (Å²) in [7, 11) is 1.48. The van der Waals surface area contributed by atoms with Crippen LogP contribution in [0.5, 0.6) is 0 Å². The first-order valence-corrected chi connectivity index (χ1v) is 9.38. The largest absolute Gasteiger partial charge is 0.478 e. The second-order valence-electron chi connectivity index (χ2n) is 6.48. The van der Waals surface area contributed by atoms with Crippen LogP contribution in [0.1, 0.15) is 29.7 Å². The highest BCUT2D eigenvalue weighted by Gasteiger charge is 2.33. The molecule has 0 aliphatic carbocycles. The number of aryl methyl sites for hydroxylation is 1. The normalized spacial score (nSPS) is 20.1. The molecular weight excluding hydrogens is 403 g/mol. The number of allylic oxidation sites excluding steroid dienone is 1. The molecule has 3 N–H and O–H groups in total. The monoisotopic (exact) mass is 426 g/mol. The lowest BCUT2D eigenvalue weighted by Gasteiger charge is -2.39. The quantitative estimate of drug-likeness (QED) is 0.435. The zero-order chi connectivity index (χ0) is 21.7. The van der Waals surface area contributed by atoms with Crippen molar-refractivity contribution >= 4 is 23.5 Å². The number of H-pyrrole nitrogens is 1. The summed E-state index contributed by atoms with van der Waals surface area (Å²) in [6.45, 7) is 9.44. The first-order valence-electron chi connectivity index (χ1n) is 9.01. The van der Waals surface area contributed by atoms with Gasteiger partial charge in [0.25, 0.3) is 5.91 Å². The minimum atomic E-state index is -1.42. The maximum atomic E-state index is 14.5. The van der Waals surface area contributed by atoms with Crippen molar-refractivity contribution in [3.8, 4) is 0 Å². The summed E-state index contributed by atoms with van der Waals surface area (Å²) in [4.78, 5) is 32.1. The van der Waals surface area contributed by atoms with Crippen LogP contribution in [-0.2, 0) is 16.0 Å². The Kier molecular flexibility index (Phi) is 7.58. The third kappa shape index (κ3) is 5.04. The Bertz CT molecular complexity index is 851. The van der Waals surface area contributed by atoms with Crippen molar-refractivity contribution in [2.75, 3.05) is 20.2 Å². The van der Waals surface area contributed by atoms with E-state index in [0.717, 1.165) is 6.08 Å². The zero-order valence-electron chi connectivity index (χ0n) is 16.3. The Morgan fingerprint density at radius 2 is 2.24 bits per heavy atom. The SMILES string of the molecule is C=C/C(C(=O)O)=C(/F)C(=C)N1CC[C@@H](NC(=O)c2nc(Cl)c(CC)[nH]2)[C@@H](OC)C1. The van der Waals surface area contributed by atoms with Gasteiger partial charge in [-0.2, -0.15) is 0 Å². The van der Waals surface area contributed by atoms with Crippen molar-refractivity contribution in [3.63, 3.8) is 0 Å². The number of methoxy groups -OCH3 is 1. The van der Waals surface area contributed by atoms with E-state index in [2.05, 4.69) is 28.4 Å². The molecule has 8 nitrogen and oxygen atoms in total. The summed E-state index contributed by atoms with van der Waals surface area (Å²) in [5.41, 5.74) is 0.0466. The fourth-order valence-corrected chi connectivity index (χ4v) is 3.36. The predicted octanol–water partition coefficient (Wildman–Crippen LogP) is 2.45. The number of hydrogen-bond donors (Lipinski definition) is 3. The lowest BCUT2D eigenvalue weighted by molar-refractivity contribution is -0.132. The number of hydrogen-bond acceptors (Lipinski definition) is 5. The Morgan fingerprint density at radius 3 is 2.76 bits per heavy atom. The highest BCUT2D eigenvalue weighted by atomic mass is 35.5. The number of nitrogens with zero attached hydrogens (tertiary/aromatic N) is 2. The van der Waals surface area contributed by atoms with Gasteiger partial charge in [-0.25, -0.2) is 14.2 Å². The summed E-state index contributed by atoms with van der Waals surface area (Å²) >= 11 is 5.98. The molecule has 1 aliphatic rings. The van der Waals surface area contributed by atoms with Crippen LogP contribution in [0.2, 0.25) is 5.15 Å². The molecule has 1 aliphatic heterocycles. The molecule has 1 saturated heterocycles. The number of aromatic amines is 1. The van der Waals surface area contributed by atoms with E-state index in [0.29, 0.717) is 25.1 Å². The van der Waals surface area contributed by atoms with Gasteiger partial charge in [-0.1, -0.05) is 37.8 Å². The second kappa shape index (κ2) is 9.71. The minimum Gasteiger partial charge on any atom is -0.478 e. The number of nitrogens with one attached hydrogen (secondary N) is 2. The summed E-state index contributed by atoms with van der Waals surface area (Å²) in [5, 5.41) is 12.2. The van der Waals surface area contributed by atoms with Crippen LogP contribution >= 0.6 is 11.6 Å². The fraction of sp³-hybridized carbons (Fsp3) is 0.421. The Labute approximate surface area is 173 Å². The van der Waals surface area contributed by atoms with Gasteiger partial charge in [0.15, 0.2) is 16.8 Å². The number of carbonyl (C=O) groups excluding carboxylic acids is 1. The molecule has 0 aromatic carbocycles. The maximum absolute atomic E-state index is 14.5. The number of aromatic nitrogens is 2. The lowest BCUT2D eigenvalue weighted by Crippen LogP contribution is -2.54. The standard InChI is InChI=1S/C19H24ClFN4O4/c1-5-11(19(27)28)15(21)10(3)25-8-7-13(14(9-25)29-4)23-18(26)17-22-12(6-2)16(20)24-17/h5,13-14H,1,3,6-9H2,2,4H3,(H,22,24)(H,23,26)(H,27,28)/b15-11-/t13-,14+/m1/s1. The molecule has 2 rings (SSSR count). The average molecular weight is 427 g/mol. The Morgan fingerprint density at radius 1 is 1.55 bits per heavy atom. The third-order valence-electron chi connectivity index (χ3n) is 4.78. The fourth-order valence-electron chi connectivity index (χ4n) is 3.10. The molecule has 0 unspecified atom stereocenters. The summed E-state index contributed by atoms with van der Waals surface area (Å²) < 4.78 is 19.9. The third-order valence-corrected chi connectivity index (χ3v) is 5.09. The van der Waals surface area contributed by atoms with Gasteiger partial charge in [0, 0.05) is 20.2 Å². The van der Waals surface area contributed by atoms with Crippen molar-refractivity contribution < 1.29 is 23.8 Å². The number of amides is 1. The number of carboxylic acids is 1. The molecule has 2 atom stereocenters. The number of carbonyl (C=O) groups is 2. The van der Waals surface area contributed by atoms with Gasteiger partial charge in [0.05, 0.1) is 29.1 Å². The van der Waals surface area contributed by atoms with E-state index in [-0.39, 0.29) is 29.3 Å². The summed E-state index contributed by atoms with van der Waals surface area (Å²) in [5.74, 6) is -2.69. The van der Waals surface area contributed by atoms with E-state index in [1.807, 2.05) is 6.92 Å². The lowest BCUT2D eigenvalue weighted by atomic mass is 10.0.